The van der Waals surface area contributed by atoms with Crippen molar-refractivity contribution in [1.29, 1.82) is 0 Å². The van der Waals surface area contributed by atoms with Crippen molar-refractivity contribution in [2.75, 3.05) is 33.8 Å². The number of amides is 1. The van der Waals surface area contributed by atoms with Crippen LogP contribution in [0.15, 0.2) is 52.5 Å². The third-order valence-corrected chi connectivity index (χ3v) is 5.81. The van der Waals surface area contributed by atoms with Gasteiger partial charge in [0.05, 0.1) is 18.2 Å². The number of Topliss-reactive ketones (excluding diaryl/α,β-unsaturated/α-hetero) is 1. The number of benzene rings is 2. The third-order valence-electron chi connectivity index (χ3n) is 5.28. The number of rotatable bonds is 7. The molecule has 7 heteroatoms. The molecule has 3 rings (SSSR count). The molecule has 1 aliphatic heterocycles. The Morgan fingerprint density at radius 2 is 1.84 bits per heavy atom. The van der Waals surface area contributed by atoms with Crippen LogP contribution >= 0.6 is 15.9 Å². The van der Waals surface area contributed by atoms with E-state index < -0.39 is 17.7 Å². The number of aryl methyl sites for hydroxylation is 1. The number of aliphatic hydroxyl groups excluding tert-OH is 1. The summed E-state index contributed by atoms with van der Waals surface area (Å²) in [6.45, 7) is 5.25. The van der Waals surface area contributed by atoms with Crippen LogP contribution in [0.25, 0.3) is 5.76 Å². The van der Waals surface area contributed by atoms with Gasteiger partial charge in [-0.2, -0.15) is 0 Å². The van der Waals surface area contributed by atoms with E-state index in [2.05, 4.69) is 15.9 Å². The minimum absolute atomic E-state index is 0.110. The second kappa shape index (κ2) is 9.66. The first kappa shape index (κ1) is 23.0. The smallest absolute Gasteiger partial charge is 0.295 e. The van der Waals surface area contributed by atoms with Crippen molar-refractivity contribution >= 4 is 33.4 Å². The van der Waals surface area contributed by atoms with E-state index in [1.807, 2.05) is 63.2 Å². The number of hydrogen-bond acceptors (Lipinski definition) is 5. The van der Waals surface area contributed by atoms with Gasteiger partial charge in [0.1, 0.15) is 11.5 Å². The monoisotopic (exact) mass is 486 g/mol. The van der Waals surface area contributed by atoms with Crippen LogP contribution in [0.1, 0.15) is 29.7 Å². The zero-order valence-electron chi connectivity index (χ0n) is 18.2. The highest BCUT2D eigenvalue weighted by atomic mass is 79.9. The molecule has 0 saturated carbocycles. The molecular weight excluding hydrogens is 460 g/mol. The Kier molecular flexibility index (Phi) is 7.18. The molecule has 2 aromatic carbocycles. The number of ether oxygens (including phenoxy) is 1. The lowest BCUT2D eigenvalue weighted by atomic mass is 9.94. The topological polar surface area (TPSA) is 70.1 Å². The fourth-order valence-electron chi connectivity index (χ4n) is 3.71. The van der Waals surface area contributed by atoms with Crippen molar-refractivity contribution in [2.45, 2.75) is 19.9 Å². The summed E-state index contributed by atoms with van der Waals surface area (Å²) in [5.41, 5.74) is 2.15. The Bertz CT molecular complexity index is 1010. The molecule has 6 nitrogen and oxygen atoms in total. The highest BCUT2D eigenvalue weighted by Gasteiger charge is 2.46. The summed E-state index contributed by atoms with van der Waals surface area (Å²) in [6, 6.07) is 12.1. The molecule has 1 heterocycles. The molecule has 164 valence electrons. The minimum atomic E-state index is -0.669. The van der Waals surface area contributed by atoms with E-state index in [0.29, 0.717) is 31.0 Å². The van der Waals surface area contributed by atoms with Crippen molar-refractivity contribution in [3.05, 3.63) is 69.2 Å². The van der Waals surface area contributed by atoms with Gasteiger partial charge in [-0.1, -0.05) is 28.1 Å². The van der Waals surface area contributed by atoms with Gasteiger partial charge < -0.3 is 19.6 Å². The molecule has 0 spiro atoms. The number of hydrogen-bond donors (Lipinski definition) is 1. The molecule has 0 aliphatic carbocycles. The van der Waals surface area contributed by atoms with Crippen molar-refractivity contribution in [1.82, 2.24) is 9.80 Å². The van der Waals surface area contributed by atoms with E-state index >= 15 is 0 Å². The molecule has 0 radical (unpaired) electrons. The van der Waals surface area contributed by atoms with Gasteiger partial charge in [0, 0.05) is 23.1 Å². The Morgan fingerprint density at radius 1 is 1.16 bits per heavy atom. The van der Waals surface area contributed by atoms with Crippen LogP contribution in [0.5, 0.6) is 5.75 Å². The van der Waals surface area contributed by atoms with Gasteiger partial charge in [0.2, 0.25) is 0 Å². The Hall–Kier alpha value is -2.64. The molecule has 0 aromatic heterocycles. The van der Waals surface area contributed by atoms with E-state index in [1.54, 1.807) is 17.0 Å². The highest BCUT2D eigenvalue weighted by Crippen LogP contribution is 2.40. The van der Waals surface area contributed by atoms with Gasteiger partial charge in [-0.3, -0.25) is 9.59 Å². The van der Waals surface area contributed by atoms with Crippen molar-refractivity contribution in [3.8, 4) is 5.75 Å². The molecule has 1 saturated heterocycles. The van der Waals surface area contributed by atoms with Crippen LogP contribution in [0.3, 0.4) is 0 Å². The fourth-order valence-corrected chi connectivity index (χ4v) is 3.98. The van der Waals surface area contributed by atoms with Crippen LogP contribution < -0.4 is 4.74 Å². The van der Waals surface area contributed by atoms with Crippen LogP contribution in [-0.4, -0.2) is 60.4 Å². The lowest BCUT2D eigenvalue weighted by Gasteiger charge is -2.26. The van der Waals surface area contributed by atoms with Crippen molar-refractivity contribution < 1.29 is 19.4 Å². The molecule has 2 aromatic rings. The third kappa shape index (κ3) is 4.83. The van der Waals surface area contributed by atoms with Crippen LogP contribution in [0.4, 0.5) is 0 Å². The number of ketones is 1. The largest absolute Gasteiger partial charge is 0.507 e. The summed E-state index contributed by atoms with van der Waals surface area (Å²) >= 11 is 3.43. The predicted octanol–water partition coefficient (Wildman–Crippen LogP) is 4.14. The summed E-state index contributed by atoms with van der Waals surface area (Å²) in [5, 5.41) is 11.2. The van der Waals surface area contributed by atoms with Gasteiger partial charge in [0.25, 0.3) is 11.7 Å². The summed E-state index contributed by atoms with van der Waals surface area (Å²) in [4.78, 5) is 29.5. The van der Waals surface area contributed by atoms with Crippen LogP contribution in [0.2, 0.25) is 0 Å². The summed E-state index contributed by atoms with van der Waals surface area (Å²) in [5.74, 6) is -0.746. The molecule has 1 fully saturated rings. The second-order valence-electron chi connectivity index (χ2n) is 7.76. The zero-order chi connectivity index (χ0) is 22.7. The lowest BCUT2D eigenvalue weighted by molar-refractivity contribution is -0.140. The van der Waals surface area contributed by atoms with Crippen LogP contribution in [-0.2, 0) is 9.59 Å². The Balaban J connectivity index is 2.13. The standard InChI is InChI=1S/C24H27BrN2O4/c1-5-31-18-10-11-19(15(2)14-18)22(28)20-21(16-6-8-17(25)9-7-16)27(13-12-26(3)4)24(30)23(20)29/h6-11,14,21,28H,5,12-13H2,1-4H3/t21-/m1/s1. The summed E-state index contributed by atoms with van der Waals surface area (Å²) in [7, 11) is 3.82. The molecule has 0 unspecified atom stereocenters. The molecule has 1 N–H and O–H groups in total. The fraction of sp³-hybridized carbons (Fsp3) is 0.333. The molecule has 1 aliphatic rings. The maximum Gasteiger partial charge on any atom is 0.295 e. The second-order valence-corrected chi connectivity index (χ2v) is 8.67. The number of nitrogens with zero attached hydrogens (tertiary/aromatic N) is 2. The number of likely N-dealkylation sites (N-methyl/N-ethyl adjacent to an activating group) is 1. The normalized spacial score (nSPS) is 18.1. The highest BCUT2D eigenvalue weighted by molar-refractivity contribution is 9.10. The van der Waals surface area contributed by atoms with Gasteiger partial charge >= 0.3 is 0 Å². The van der Waals surface area contributed by atoms with E-state index in [9.17, 15) is 14.7 Å². The maximum absolute atomic E-state index is 13.0. The number of aliphatic hydroxyl groups is 1. The maximum atomic E-state index is 13.0. The minimum Gasteiger partial charge on any atom is -0.507 e. The average molecular weight is 487 g/mol. The van der Waals surface area contributed by atoms with E-state index in [4.69, 9.17) is 4.74 Å². The molecular formula is C24H27BrN2O4. The number of halogens is 1. The molecule has 0 bridgehead atoms. The Labute approximate surface area is 191 Å². The van der Waals surface area contributed by atoms with Crippen LogP contribution in [0, 0.1) is 6.92 Å². The quantitative estimate of drug-likeness (QED) is 0.361. The first-order valence-electron chi connectivity index (χ1n) is 10.2. The van der Waals surface area contributed by atoms with Gasteiger partial charge in [-0.25, -0.2) is 0 Å². The number of carbonyl (C=O) groups is 2. The van der Waals surface area contributed by atoms with Gasteiger partial charge in [-0.05, 0) is 69.4 Å². The summed E-state index contributed by atoms with van der Waals surface area (Å²) in [6.07, 6.45) is 0. The van der Waals surface area contributed by atoms with Gasteiger partial charge in [0.15, 0.2) is 0 Å². The first-order valence-corrected chi connectivity index (χ1v) is 11.0. The summed E-state index contributed by atoms with van der Waals surface area (Å²) < 4.78 is 6.41. The average Bonchev–Trinajstić information content (AvgIpc) is 2.97. The molecule has 31 heavy (non-hydrogen) atoms. The predicted molar refractivity (Wildman–Crippen MR) is 124 cm³/mol. The van der Waals surface area contributed by atoms with Crippen molar-refractivity contribution in [2.24, 2.45) is 0 Å². The van der Waals surface area contributed by atoms with E-state index in [-0.39, 0.29) is 11.3 Å². The number of carbonyl (C=O) groups excluding carboxylic acids is 2. The van der Waals surface area contributed by atoms with Crippen molar-refractivity contribution in [3.63, 3.8) is 0 Å². The Morgan fingerprint density at radius 3 is 2.42 bits per heavy atom. The first-order chi connectivity index (χ1) is 14.7. The van der Waals surface area contributed by atoms with E-state index in [1.165, 1.54) is 0 Å². The molecule has 1 amide bonds. The molecule has 1 atom stereocenters. The zero-order valence-corrected chi connectivity index (χ0v) is 19.8. The SMILES string of the molecule is CCOc1ccc(C(O)=C2C(=O)C(=O)N(CCN(C)C)[C@@H]2c2ccc(Br)cc2)c(C)c1. The lowest BCUT2D eigenvalue weighted by Crippen LogP contribution is -2.35. The van der Waals surface area contributed by atoms with E-state index in [0.717, 1.165) is 15.6 Å². The number of likely N-dealkylation sites (tertiary alicyclic amines) is 1. The van der Waals surface area contributed by atoms with Gasteiger partial charge in [-0.15, -0.1) is 0 Å².